The lowest BCUT2D eigenvalue weighted by atomic mass is 10.2. The minimum Gasteiger partial charge on any atom is -0.467 e. The third-order valence-corrected chi connectivity index (χ3v) is 4.46. The number of thioether (sulfide) groups is 1. The lowest BCUT2D eigenvalue weighted by Crippen LogP contribution is -2.42. The topological polar surface area (TPSA) is 89.8 Å². The molecule has 1 heterocycles. The summed E-state index contributed by atoms with van der Waals surface area (Å²) in [6.07, 6.45) is 1.51. The first-order chi connectivity index (χ1) is 10.8. The van der Waals surface area contributed by atoms with Crippen molar-refractivity contribution in [2.45, 2.75) is 13.0 Å². The predicted octanol–water partition coefficient (Wildman–Crippen LogP) is 2.36. The van der Waals surface area contributed by atoms with Gasteiger partial charge in [0.1, 0.15) is 10.4 Å². The standard InChI is InChI=1S/C14H12N2O5S2/c1-8(13(18)21-2)15-12(17)11(23-14(15)22)7-9-4-3-5-10(6-9)16(19)20/h3-8H,1-2H3/b11-7+/t8-/m0/s1. The van der Waals surface area contributed by atoms with E-state index in [4.69, 9.17) is 12.2 Å². The number of non-ortho nitro benzene ring substituents is 1. The second kappa shape index (κ2) is 6.88. The second-order valence-electron chi connectivity index (χ2n) is 4.60. The third-order valence-electron chi connectivity index (χ3n) is 3.13. The Morgan fingerprint density at radius 1 is 1.52 bits per heavy atom. The van der Waals surface area contributed by atoms with E-state index in [0.29, 0.717) is 10.5 Å². The van der Waals surface area contributed by atoms with Crippen LogP contribution < -0.4 is 0 Å². The number of carbonyl (C=O) groups excluding carboxylic acids is 2. The van der Waals surface area contributed by atoms with Crippen molar-refractivity contribution in [2.75, 3.05) is 7.11 Å². The molecule has 0 unspecified atom stereocenters. The lowest BCUT2D eigenvalue weighted by Gasteiger charge is -2.20. The van der Waals surface area contributed by atoms with Gasteiger partial charge in [0.2, 0.25) is 0 Å². The highest BCUT2D eigenvalue weighted by molar-refractivity contribution is 8.26. The Morgan fingerprint density at radius 3 is 2.83 bits per heavy atom. The number of rotatable bonds is 4. The molecule has 0 spiro atoms. The Morgan fingerprint density at radius 2 is 2.22 bits per heavy atom. The summed E-state index contributed by atoms with van der Waals surface area (Å²) in [6.45, 7) is 1.52. The van der Waals surface area contributed by atoms with Gasteiger partial charge in [-0.2, -0.15) is 0 Å². The van der Waals surface area contributed by atoms with Crippen molar-refractivity contribution in [3.63, 3.8) is 0 Å². The van der Waals surface area contributed by atoms with Crippen LogP contribution in [0.3, 0.4) is 0 Å². The summed E-state index contributed by atoms with van der Waals surface area (Å²) in [5.74, 6) is -0.998. The van der Waals surface area contributed by atoms with Gasteiger partial charge in [0, 0.05) is 12.1 Å². The van der Waals surface area contributed by atoms with Crippen LogP contribution in [-0.2, 0) is 14.3 Å². The molecule has 9 heteroatoms. The number of carbonyl (C=O) groups is 2. The van der Waals surface area contributed by atoms with Gasteiger partial charge in [-0.3, -0.25) is 19.8 Å². The maximum atomic E-state index is 12.4. The first-order valence-electron chi connectivity index (χ1n) is 6.44. The van der Waals surface area contributed by atoms with Crippen LogP contribution in [0, 0.1) is 10.1 Å². The van der Waals surface area contributed by atoms with Crippen LogP contribution in [0.4, 0.5) is 5.69 Å². The third kappa shape index (κ3) is 3.57. The van der Waals surface area contributed by atoms with E-state index < -0.39 is 22.8 Å². The van der Waals surface area contributed by atoms with Crippen molar-refractivity contribution in [3.8, 4) is 0 Å². The van der Waals surface area contributed by atoms with Crippen LogP contribution in [0.15, 0.2) is 29.2 Å². The Bertz CT molecular complexity index is 732. The van der Waals surface area contributed by atoms with Gasteiger partial charge in [-0.05, 0) is 18.6 Å². The summed E-state index contributed by atoms with van der Waals surface area (Å²) in [5, 5.41) is 10.8. The number of methoxy groups -OCH3 is 1. The number of ether oxygens (including phenoxy) is 1. The number of nitro benzene ring substituents is 1. The molecule has 0 radical (unpaired) electrons. The summed E-state index contributed by atoms with van der Waals surface area (Å²) in [4.78, 5) is 35.8. The number of thiocarbonyl (C=S) groups is 1. The largest absolute Gasteiger partial charge is 0.467 e. The Balaban J connectivity index is 2.30. The van der Waals surface area contributed by atoms with Crippen LogP contribution in [-0.4, -0.2) is 39.2 Å². The molecular weight excluding hydrogens is 340 g/mol. The van der Waals surface area contributed by atoms with Crippen molar-refractivity contribution in [3.05, 3.63) is 44.8 Å². The summed E-state index contributed by atoms with van der Waals surface area (Å²) < 4.78 is 4.86. The molecule has 1 aromatic rings. The molecule has 1 saturated heterocycles. The monoisotopic (exact) mass is 352 g/mol. The molecule has 23 heavy (non-hydrogen) atoms. The van der Waals surface area contributed by atoms with Crippen LogP contribution in [0.5, 0.6) is 0 Å². The fourth-order valence-corrected chi connectivity index (χ4v) is 3.39. The Hall–Kier alpha value is -2.26. The van der Waals surface area contributed by atoms with Crippen molar-refractivity contribution in [2.24, 2.45) is 0 Å². The minimum absolute atomic E-state index is 0.0721. The van der Waals surface area contributed by atoms with Crippen molar-refractivity contribution < 1.29 is 19.2 Å². The quantitative estimate of drug-likeness (QED) is 0.270. The highest BCUT2D eigenvalue weighted by Crippen LogP contribution is 2.34. The summed E-state index contributed by atoms with van der Waals surface area (Å²) in [6, 6.07) is 5.06. The van der Waals surface area contributed by atoms with E-state index in [9.17, 15) is 19.7 Å². The average Bonchev–Trinajstić information content (AvgIpc) is 2.80. The van der Waals surface area contributed by atoms with Gasteiger partial charge in [0.25, 0.3) is 11.6 Å². The zero-order valence-corrected chi connectivity index (χ0v) is 13.8. The molecule has 0 aromatic heterocycles. The van der Waals surface area contributed by atoms with Gasteiger partial charge < -0.3 is 4.74 Å². The normalized spacial score (nSPS) is 17.5. The Kier molecular flexibility index (Phi) is 5.12. The fourth-order valence-electron chi connectivity index (χ4n) is 1.97. The van der Waals surface area contributed by atoms with E-state index in [1.54, 1.807) is 6.07 Å². The Labute approximate surface area is 141 Å². The SMILES string of the molecule is COC(=O)[C@H](C)N1C(=O)/C(=C\c2cccc([N+](=O)[O-])c2)SC1=S. The number of hydrogen-bond donors (Lipinski definition) is 0. The molecule has 0 N–H and O–H groups in total. The van der Waals surface area contributed by atoms with E-state index in [2.05, 4.69) is 4.74 Å². The number of amides is 1. The van der Waals surface area contributed by atoms with Gasteiger partial charge in [0.15, 0.2) is 0 Å². The molecule has 0 saturated carbocycles. The van der Waals surface area contributed by atoms with Gasteiger partial charge in [-0.15, -0.1) is 0 Å². The molecule has 7 nitrogen and oxygen atoms in total. The lowest BCUT2D eigenvalue weighted by molar-refractivity contribution is -0.384. The zero-order valence-electron chi connectivity index (χ0n) is 12.2. The van der Waals surface area contributed by atoms with E-state index in [1.165, 1.54) is 43.2 Å². The van der Waals surface area contributed by atoms with Crippen LogP contribution in [0.2, 0.25) is 0 Å². The van der Waals surface area contributed by atoms with Gasteiger partial charge in [0.05, 0.1) is 16.9 Å². The number of hydrogen-bond acceptors (Lipinski definition) is 7. The molecule has 1 aliphatic rings. The highest BCUT2D eigenvalue weighted by Gasteiger charge is 2.38. The summed E-state index contributed by atoms with van der Waals surface area (Å²) in [7, 11) is 1.23. The smallest absolute Gasteiger partial charge is 0.328 e. The number of nitrogens with zero attached hydrogens (tertiary/aromatic N) is 2. The van der Waals surface area contributed by atoms with E-state index in [-0.39, 0.29) is 10.0 Å². The van der Waals surface area contributed by atoms with Gasteiger partial charge in [-0.1, -0.05) is 36.1 Å². The maximum absolute atomic E-state index is 12.4. The second-order valence-corrected chi connectivity index (χ2v) is 6.28. The molecule has 1 aliphatic heterocycles. The average molecular weight is 352 g/mol. The van der Waals surface area contributed by atoms with Crippen molar-refractivity contribution in [1.82, 2.24) is 4.90 Å². The molecule has 0 bridgehead atoms. The van der Waals surface area contributed by atoms with E-state index in [0.717, 1.165) is 11.8 Å². The molecule has 0 aliphatic carbocycles. The maximum Gasteiger partial charge on any atom is 0.328 e. The predicted molar refractivity (Wildman–Crippen MR) is 89.6 cm³/mol. The first-order valence-corrected chi connectivity index (χ1v) is 7.67. The number of benzene rings is 1. The van der Waals surface area contributed by atoms with E-state index in [1.807, 2.05) is 0 Å². The molecule has 1 amide bonds. The van der Waals surface area contributed by atoms with Crippen LogP contribution in [0.25, 0.3) is 6.08 Å². The summed E-state index contributed by atoms with van der Waals surface area (Å²) >= 11 is 6.17. The molecule has 2 rings (SSSR count). The number of esters is 1. The first kappa shape index (κ1) is 17.1. The molecule has 1 fully saturated rings. The molecule has 1 aromatic carbocycles. The van der Waals surface area contributed by atoms with Crippen LogP contribution in [0.1, 0.15) is 12.5 Å². The molecule has 1 atom stereocenters. The summed E-state index contributed by atoms with van der Waals surface area (Å²) in [5.41, 5.74) is 0.433. The van der Waals surface area contributed by atoms with Crippen LogP contribution >= 0.6 is 24.0 Å². The highest BCUT2D eigenvalue weighted by atomic mass is 32.2. The van der Waals surface area contributed by atoms with E-state index >= 15 is 0 Å². The van der Waals surface area contributed by atoms with Gasteiger partial charge in [-0.25, -0.2) is 4.79 Å². The van der Waals surface area contributed by atoms with Crippen molar-refractivity contribution >= 4 is 51.9 Å². The van der Waals surface area contributed by atoms with Gasteiger partial charge >= 0.3 is 5.97 Å². The zero-order chi connectivity index (χ0) is 17.1. The molecular formula is C14H12N2O5S2. The number of nitro groups is 1. The fraction of sp³-hybridized carbons (Fsp3) is 0.214. The van der Waals surface area contributed by atoms with Crippen molar-refractivity contribution in [1.29, 1.82) is 0 Å². The molecule has 120 valence electrons. The minimum atomic E-state index is -0.830.